The molecular formula is C44H70N2O6Si2. The molecule has 0 saturated carbocycles. The van der Waals surface area contributed by atoms with E-state index in [4.69, 9.17) is 27.7 Å². The van der Waals surface area contributed by atoms with Crippen LogP contribution < -0.4 is 5.32 Å². The third-order valence-electron chi connectivity index (χ3n) is 12.0. The van der Waals surface area contributed by atoms with Crippen LogP contribution in [-0.4, -0.2) is 51.9 Å². The van der Waals surface area contributed by atoms with E-state index < -0.39 is 16.6 Å². The highest BCUT2D eigenvalue weighted by Crippen LogP contribution is 2.47. The summed E-state index contributed by atoms with van der Waals surface area (Å²) in [6.07, 6.45) is 5.47. The molecule has 8 nitrogen and oxygen atoms in total. The molecule has 2 aliphatic heterocycles. The van der Waals surface area contributed by atoms with Gasteiger partial charge in [0.25, 0.3) is 5.91 Å². The fourth-order valence-corrected chi connectivity index (χ4v) is 20.9. The second-order valence-corrected chi connectivity index (χ2v) is 28.5. The summed E-state index contributed by atoms with van der Waals surface area (Å²) in [5, 5.41) is 2.82. The first-order chi connectivity index (χ1) is 25.5. The van der Waals surface area contributed by atoms with E-state index in [0.29, 0.717) is 58.6 Å². The quantitative estimate of drug-likeness (QED) is 0.103. The lowest BCUT2D eigenvalue weighted by Crippen LogP contribution is -2.52. The van der Waals surface area contributed by atoms with E-state index in [1.54, 1.807) is 6.26 Å². The largest absolute Gasteiger partial charge is 0.446 e. The molecule has 1 amide bonds. The van der Waals surface area contributed by atoms with E-state index in [-0.39, 0.29) is 36.4 Å². The lowest BCUT2D eigenvalue weighted by atomic mass is 9.91. The molecule has 3 heterocycles. The van der Waals surface area contributed by atoms with Crippen molar-refractivity contribution in [2.75, 3.05) is 5.32 Å². The van der Waals surface area contributed by atoms with Crippen molar-refractivity contribution in [3.05, 3.63) is 60.3 Å². The molecule has 2 fully saturated rings. The van der Waals surface area contributed by atoms with Crippen molar-refractivity contribution in [1.29, 1.82) is 0 Å². The second-order valence-electron chi connectivity index (χ2n) is 17.6. The number of benzene rings is 1. The van der Waals surface area contributed by atoms with Crippen molar-refractivity contribution in [3.8, 4) is 11.8 Å². The molecule has 1 N–H and O–H groups in total. The van der Waals surface area contributed by atoms with Crippen LogP contribution >= 0.6 is 0 Å². The van der Waals surface area contributed by atoms with Crippen LogP contribution in [0, 0.1) is 11.8 Å². The summed E-state index contributed by atoms with van der Waals surface area (Å²) >= 11 is 0. The van der Waals surface area contributed by atoms with E-state index in [1.165, 1.54) is 0 Å². The van der Waals surface area contributed by atoms with Crippen LogP contribution in [0.15, 0.2) is 53.2 Å². The summed E-state index contributed by atoms with van der Waals surface area (Å²) in [5.74, 6) is 6.07. The third-order valence-corrected chi connectivity index (χ3v) is 24.2. The average Bonchev–Trinajstić information content (AvgIpc) is 3.56. The molecule has 54 heavy (non-hydrogen) atoms. The highest BCUT2D eigenvalue weighted by molar-refractivity contribution is 6.78. The van der Waals surface area contributed by atoms with E-state index in [9.17, 15) is 4.79 Å². The number of aromatic nitrogens is 1. The Bertz CT molecular complexity index is 1520. The van der Waals surface area contributed by atoms with Gasteiger partial charge in [-0.3, -0.25) is 4.79 Å². The zero-order chi connectivity index (χ0) is 39.8. The Morgan fingerprint density at radius 1 is 0.833 bits per heavy atom. The SMILES string of the molecule is C=C1C[C@H](C[C@@H]2C[C@H](O[Si](C(C)C)(C(C)C)C(C)C)C[C@H](c3coc(CO[Si](C(C)C)(C(C)C)C(C)C)n3)O2)O[C@@H](CC#CC(=O)Nc2ccccc2)C1. The molecule has 0 bridgehead atoms. The van der Waals surface area contributed by atoms with E-state index in [2.05, 4.69) is 107 Å². The van der Waals surface area contributed by atoms with Gasteiger partial charge in [0.05, 0.1) is 24.4 Å². The maximum atomic E-state index is 12.4. The topological polar surface area (TPSA) is 92.1 Å². The average molecular weight is 779 g/mol. The summed E-state index contributed by atoms with van der Waals surface area (Å²) in [4.78, 5) is 17.4. The number of ether oxygens (including phenoxy) is 2. The van der Waals surface area contributed by atoms with Gasteiger partial charge in [0.15, 0.2) is 0 Å². The summed E-state index contributed by atoms with van der Waals surface area (Å²) in [6, 6.07) is 9.36. The van der Waals surface area contributed by atoms with Crippen molar-refractivity contribution in [2.45, 2.75) is 192 Å². The number of carbonyl (C=O) groups excluding carboxylic acids is 1. The summed E-state index contributed by atoms with van der Waals surface area (Å²) in [7, 11) is -4.25. The number of hydrogen-bond acceptors (Lipinski definition) is 7. The Kier molecular flexibility index (Phi) is 16.0. The Labute approximate surface area is 329 Å². The first kappa shape index (κ1) is 44.2. The first-order valence-corrected chi connectivity index (χ1v) is 24.8. The van der Waals surface area contributed by atoms with Crippen LogP contribution in [-0.2, 0) is 29.7 Å². The van der Waals surface area contributed by atoms with Crippen LogP contribution in [0.25, 0.3) is 0 Å². The number of rotatable bonds is 16. The third kappa shape index (κ3) is 10.9. The lowest BCUT2D eigenvalue weighted by molar-refractivity contribution is -0.125. The number of amides is 1. The minimum atomic E-state index is -2.17. The van der Waals surface area contributed by atoms with Gasteiger partial charge in [-0.25, -0.2) is 4.98 Å². The molecule has 4 rings (SSSR count). The van der Waals surface area contributed by atoms with Crippen molar-refractivity contribution in [3.63, 3.8) is 0 Å². The fraction of sp³-hybridized carbons (Fsp3) is 0.682. The minimum absolute atomic E-state index is 0.0310. The lowest BCUT2D eigenvalue weighted by Gasteiger charge is -2.47. The van der Waals surface area contributed by atoms with Gasteiger partial charge < -0.3 is 28.1 Å². The van der Waals surface area contributed by atoms with Gasteiger partial charge in [-0.05, 0) is 70.6 Å². The number of carbonyl (C=O) groups is 1. The van der Waals surface area contributed by atoms with Gasteiger partial charge in [-0.1, -0.05) is 119 Å². The van der Waals surface area contributed by atoms with Gasteiger partial charge in [-0.2, -0.15) is 0 Å². The van der Waals surface area contributed by atoms with Crippen LogP contribution in [0.4, 0.5) is 5.69 Å². The maximum absolute atomic E-state index is 12.4. The monoisotopic (exact) mass is 778 g/mol. The standard InChI is InChI=1S/C44H70N2O6Si2/c1-29(2)53(30(3)4,31(5)6)49-28-44-46-41(27-48-44)42-26-40(52-54(32(7)8,33(9)10)34(11)12)25-39(51-42)24-38-23-35(13)22-37(50-38)20-17-21-43(47)45-36-18-15-14-16-19-36/h14-16,18-19,27,29-34,37-40,42H,13,20,22-26,28H2,1-12H3,(H,45,47)/t37-,38+,39+,40-,42+/m0/s1. The maximum Gasteiger partial charge on any atom is 0.300 e. The fourth-order valence-electron chi connectivity index (χ4n) is 9.91. The highest BCUT2D eigenvalue weighted by atomic mass is 28.4. The molecular weight excluding hydrogens is 709 g/mol. The van der Waals surface area contributed by atoms with E-state index >= 15 is 0 Å². The Balaban J connectivity index is 1.51. The number of nitrogens with one attached hydrogen (secondary N) is 1. The predicted molar refractivity (Wildman–Crippen MR) is 224 cm³/mol. The molecule has 1 aromatic heterocycles. The van der Waals surface area contributed by atoms with Crippen molar-refractivity contribution < 1.29 is 27.5 Å². The molecule has 0 radical (unpaired) electrons. The molecule has 0 spiro atoms. The number of nitrogens with zero attached hydrogens (tertiary/aromatic N) is 1. The highest BCUT2D eigenvalue weighted by Gasteiger charge is 2.49. The van der Waals surface area contributed by atoms with Crippen LogP contribution in [0.2, 0.25) is 33.2 Å². The predicted octanol–water partition coefficient (Wildman–Crippen LogP) is 11.7. The zero-order valence-corrected chi connectivity index (χ0v) is 37.4. The second kappa shape index (κ2) is 19.6. The molecule has 0 unspecified atom stereocenters. The minimum Gasteiger partial charge on any atom is -0.446 e. The number of oxazole rings is 1. The number of para-hydroxylation sites is 1. The first-order valence-electron chi connectivity index (χ1n) is 20.6. The van der Waals surface area contributed by atoms with E-state index in [0.717, 1.165) is 42.6 Å². The zero-order valence-electron chi connectivity index (χ0n) is 35.4. The Morgan fingerprint density at radius 2 is 1.43 bits per heavy atom. The Morgan fingerprint density at radius 3 is 2.02 bits per heavy atom. The molecule has 10 heteroatoms. The van der Waals surface area contributed by atoms with Gasteiger partial charge in [0, 0.05) is 24.9 Å². The van der Waals surface area contributed by atoms with Crippen LogP contribution in [0.5, 0.6) is 0 Å². The summed E-state index contributed by atoms with van der Waals surface area (Å²) in [5.41, 5.74) is 5.52. The van der Waals surface area contributed by atoms with Gasteiger partial charge in [0.1, 0.15) is 24.7 Å². The summed E-state index contributed by atoms with van der Waals surface area (Å²) in [6.45, 7) is 32.6. The summed E-state index contributed by atoms with van der Waals surface area (Å²) < 4.78 is 33.9. The van der Waals surface area contributed by atoms with Gasteiger partial charge in [-0.15, -0.1) is 0 Å². The number of hydrogen-bond donors (Lipinski definition) is 1. The van der Waals surface area contributed by atoms with Crippen molar-refractivity contribution in [1.82, 2.24) is 4.98 Å². The molecule has 1 aromatic carbocycles. The Hall–Kier alpha value is -2.53. The normalized spacial score (nSPS) is 22.8. The van der Waals surface area contributed by atoms with Crippen molar-refractivity contribution in [2.24, 2.45) is 0 Å². The number of anilines is 1. The molecule has 0 aliphatic carbocycles. The van der Waals surface area contributed by atoms with Crippen LogP contribution in [0.3, 0.4) is 0 Å². The van der Waals surface area contributed by atoms with Gasteiger partial charge in [0.2, 0.25) is 22.5 Å². The molecule has 2 saturated heterocycles. The van der Waals surface area contributed by atoms with Gasteiger partial charge >= 0.3 is 0 Å². The van der Waals surface area contributed by atoms with E-state index in [1.807, 2.05) is 30.3 Å². The van der Waals surface area contributed by atoms with Crippen LogP contribution in [0.1, 0.15) is 139 Å². The smallest absolute Gasteiger partial charge is 0.300 e. The molecule has 2 aliphatic rings. The molecule has 5 atom stereocenters. The molecule has 300 valence electrons. The van der Waals surface area contributed by atoms with Crippen molar-refractivity contribution >= 4 is 28.2 Å². The molecule has 2 aromatic rings.